The van der Waals surface area contributed by atoms with Gasteiger partial charge in [0, 0.05) is 23.6 Å². The van der Waals surface area contributed by atoms with Crippen molar-refractivity contribution < 1.29 is 9.47 Å². The summed E-state index contributed by atoms with van der Waals surface area (Å²) in [6.45, 7) is 1.02. The van der Waals surface area contributed by atoms with E-state index in [1.54, 1.807) is 0 Å². The lowest BCUT2D eigenvalue weighted by molar-refractivity contribution is 0.174. The molecular formula is C14H16N2O2. The first-order valence-electron chi connectivity index (χ1n) is 6.15. The lowest BCUT2D eigenvalue weighted by Crippen LogP contribution is -2.04. The number of hydrogen-bond donors (Lipinski definition) is 1. The fourth-order valence-electron chi connectivity index (χ4n) is 2.19. The molecule has 0 spiro atoms. The number of nitrogens with two attached hydrogens (primary N) is 1. The van der Waals surface area contributed by atoms with Crippen LogP contribution in [0.15, 0.2) is 36.5 Å². The third-order valence-electron chi connectivity index (χ3n) is 3.10. The summed E-state index contributed by atoms with van der Waals surface area (Å²) in [6, 6.07) is 10.2. The molecule has 94 valence electrons. The molecular weight excluding hydrogens is 228 g/mol. The van der Waals surface area contributed by atoms with Crippen molar-refractivity contribution in [3.05, 3.63) is 42.2 Å². The molecule has 0 saturated heterocycles. The van der Waals surface area contributed by atoms with Crippen LogP contribution in [0, 0.1) is 0 Å². The van der Waals surface area contributed by atoms with Crippen molar-refractivity contribution in [2.45, 2.75) is 12.8 Å². The lowest BCUT2D eigenvalue weighted by atomic mass is 10.2. The second-order valence-electron chi connectivity index (χ2n) is 4.30. The van der Waals surface area contributed by atoms with Crippen LogP contribution in [0.25, 0.3) is 5.69 Å². The summed E-state index contributed by atoms with van der Waals surface area (Å²) in [5.74, 6) is 1.63. The van der Waals surface area contributed by atoms with Gasteiger partial charge in [-0.25, -0.2) is 0 Å². The second kappa shape index (κ2) is 4.74. The maximum atomic E-state index is 5.56. The number of aromatic nitrogens is 1. The van der Waals surface area contributed by atoms with Gasteiger partial charge in [0.05, 0.1) is 0 Å². The van der Waals surface area contributed by atoms with Gasteiger partial charge in [-0.2, -0.15) is 0 Å². The first-order chi connectivity index (χ1) is 8.88. The van der Waals surface area contributed by atoms with Crippen LogP contribution in [-0.2, 0) is 6.42 Å². The minimum Gasteiger partial charge on any atom is -0.454 e. The van der Waals surface area contributed by atoms with Crippen LogP contribution < -0.4 is 15.2 Å². The number of ether oxygens (including phenoxy) is 2. The molecule has 2 heterocycles. The third kappa shape index (κ3) is 1.95. The normalized spacial score (nSPS) is 12.9. The third-order valence-corrected chi connectivity index (χ3v) is 3.10. The zero-order chi connectivity index (χ0) is 12.4. The predicted molar refractivity (Wildman–Crippen MR) is 69.3 cm³/mol. The maximum absolute atomic E-state index is 5.56. The van der Waals surface area contributed by atoms with Crippen LogP contribution >= 0.6 is 0 Å². The minimum atomic E-state index is 0.310. The van der Waals surface area contributed by atoms with Crippen LogP contribution in [0.3, 0.4) is 0 Å². The van der Waals surface area contributed by atoms with Gasteiger partial charge in [0.2, 0.25) is 6.79 Å². The highest BCUT2D eigenvalue weighted by molar-refractivity contribution is 5.50. The molecule has 4 nitrogen and oxygen atoms in total. The molecule has 0 atom stereocenters. The molecule has 3 rings (SSSR count). The van der Waals surface area contributed by atoms with E-state index in [9.17, 15) is 0 Å². The number of benzene rings is 1. The van der Waals surface area contributed by atoms with Crippen LogP contribution in [0.4, 0.5) is 0 Å². The van der Waals surface area contributed by atoms with Crippen LogP contribution in [-0.4, -0.2) is 17.9 Å². The Balaban J connectivity index is 1.92. The number of aryl methyl sites for hydroxylation is 1. The molecule has 1 aliphatic heterocycles. The minimum absolute atomic E-state index is 0.310. The summed E-state index contributed by atoms with van der Waals surface area (Å²) in [6.07, 6.45) is 4.04. The van der Waals surface area contributed by atoms with Crippen molar-refractivity contribution in [2.24, 2.45) is 5.73 Å². The summed E-state index contributed by atoms with van der Waals surface area (Å²) in [5, 5.41) is 0. The summed E-state index contributed by atoms with van der Waals surface area (Å²) in [7, 11) is 0. The highest BCUT2D eigenvalue weighted by Gasteiger charge is 2.14. The Labute approximate surface area is 106 Å². The van der Waals surface area contributed by atoms with Crippen molar-refractivity contribution in [3.8, 4) is 17.2 Å². The Bertz CT molecular complexity index is 548. The smallest absolute Gasteiger partial charge is 0.231 e. The van der Waals surface area contributed by atoms with E-state index in [2.05, 4.69) is 22.9 Å². The largest absolute Gasteiger partial charge is 0.454 e. The topological polar surface area (TPSA) is 49.4 Å². The lowest BCUT2D eigenvalue weighted by Gasteiger charge is -2.09. The zero-order valence-electron chi connectivity index (χ0n) is 10.1. The molecule has 1 aromatic carbocycles. The van der Waals surface area contributed by atoms with Gasteiger partial charge in [0.15, 0.2) is 11.5 Å². The molecule has 2 aromatic rings. The van der Waals surface area contributed by atoms with Gasteiger partial charge in [-0.1, -0.05) is 0 Å². The second-order valence-corrected chi connectivity index (χ2v) is 4.30. The first-order valence-corrected chi connectivity index (χ1v) is 6.15. The Morgan fingerprint density at radius 2 is 2.06 bits per heavy atom. The summed E-state index contributed by atoms with van der Waals surface area (Å²) >= 11 is 0. The van der Waals surface area contributed by atoms with Gasteiger partial charge in [0.1, 0.15) is 0 Å². The fourth-order valence-corrected chi connectivity index (χ4v) is 2.19. The quantitative estimate of drug-likeness (QED) is 0.896. The van der Waals surface area contributed by atoms with Crippen LogP contribution in [0.5, 0.6) is 11.5 Å². The average molecular weight is 244 g/mol. The number of fused-ring (bicyclic) bond motifs is 1. The molecule has 0 amide bonds. The van der Waals surface area contributed by atoms with E-state index in [1.165, 1.54) is 5.69 Å². The van der Waals surface area contributed by atoms with Crippen molar-refractivity contribution >= 4 is 0 Å². The Hall–Kier alpha value is -1.94. The molecule has 1 aliphatic rings. The van der Waals surface area contributed by atoms with E-state index in [-0.39, 0.29) is 0 Å². The van der Waals surface area contributed by atoms with E-state index in [4.69, 9.17) is 15.2 Å². The summed E-state index contributed by atoms with van der Waals surface area (Å²) in [4.78, 5) is 0. The van der Waals surface area contributed by atoms with Gasteiger partial charge in [-0.15, -0.1) is 0 Å². The van der Waals surface area contributed by atoms with Gasteiger partial charge in [-0.3, -0.25) is 0 Å². The van der Waals surface area contributed by atoms with Crippen molar-refractivity contribution in [1.29, 1.82) is 0 Å². The van der Waals surface area contributed by atoms with Crippen LogP contribution in [0.1, 0.15) is 12.1 Å². The highest BCUT2D eigenvalue weighted by atomic mass is 16.7. The van der Waals surface area contributed by atoms with Gasteiger partial charge in [0.25, 0.3) is 0 Å². The van der Waals surface area contributed by atoms with Gasteiger partial charge < -0.3 is 19.8 Å². The van der Waals surface area contributed by atoms with Gasteiger partial charge >= 0.3 is 0 Å². The first kappa shape index (κ1) is 11.2. The van der Waals surface area contributed by atoms with Crippen LogP contribution in [0.2, 0.25) is 0 Å². The highest BCUT2D eigenvalue weighted by Crippen LogP contribution is 2.34. The molecule has 0 aliphatic carbocycles. The van der Waals surface area contributed by atoms with E-state index in [0.717, 1.165) is 30.0 Å². The molecule has 18 heavy (non-hydrogen) atoms. The molecule has 0 radical (unpaired) electrons. The molecule has 0 unspecified atom stereocenters. The Morgan fingerprint density at radius 1 is 1.17 bits per heavy atom. The summed E-state index contributed by atoms with van der Waals surface area (Å²) < 4.78 is 12.9. The standard InChI is InChI=1S/C14H16N2O2/c15-7-1-3-11-4-2-8-16(11)12-5-6-13-14(9-12)18-10-17-13/h2,4-6,8-9H,1,3,7,10,15H2. The van der Waals surface area contributed by atoms with Crippen molar-refractivity contribution in [2.75, 3.05) is 13.3 Å². The molecule has 0 fully saturated rings. The Kier molecular flexibility index (Phi) is 2.94. The van der Waals surface area contributed by atoms with Crippen molar-refractivity contribution in [3.63, 3.8) is 0 Å². The van der Waals surface area contributed by atoms with E-state index in [0.29, 0.717) is 13.3 Å². The van der Waals surface area contributed by atoms with Crippen molar-refractivity contribution in [1.82, 2.24) is 4.57 Å². The number of rotatable bonds is 4. The number of hydrogen-bond acceptors (Lipinski definition) is 3. The zero-order valence-corrected chi connectivity index (χ0v) is 10.1. The maximum Gasteiger partial charge on any atom is 0.231 e. The molecule has 4 heteroatoms. The summed E-state index contributed by atoms with van der Waals surface area (Å²) in [5.41, 5.74) is 7.92. The Morgan fingerprint density at radius 3 is 2.94 bits per heavy atom. The molecule has 0 saturated carbocycles. The van der Waals surface area contributed by atoms with E-state index in [1.807, 2.05) is 18.2 Å². The molecule has 2 N–H and O–H groups in total. The number of nitrogens with zero attached hydrogens (tertiary/aromatic N) is 1. The SMILES string of the molecule is NCCCc1cccn1-c1ccc2c(c1)OCO2. The van der Waals surface area contributed by atoms with Gasteiger partial charge in [-0.05, 0) is 43.7 Å². The monoisotopic (exact) mass is 244 g/mol. The predicted octanol–water partition coefficient (Wildman–Crippen LogP) is 2.10. The van der Waals surface area contributed by atoms with E-state index < -0.39 is 0 Å². The molecule has 0 bridgehead atoms. The average Bonchev–Trinajstić information content (AvgIpc) is 3.03. The molecule has 1 aromatic heterocycles. The fraction of sp³-hybridized carbons (Fsp3) is 0.286. The van der Waals surface area contributed by atoms with E-state index >= 15 is 0 Å².